The number of nitrogens with two attached hydrogens (primary N) is 1. The Morgan fingerprint density at radius 1 is 1.21 bits per heavy atom. The Hall–Kier alpha value is -1.63. The van der Waals surface area contributed by atoms with E-state index in [0.717, 1.165) is 58.0 Å². The first kappa shape index (κ1) is 17.2. The third-order valence-electron chi connectivity index (χ3n) is 5.74. The highest BCUT2D eigenvalue weighted by molar-refractivity contribution is 6.07. The molecule has 4 amide bonds. The maximum absolute atomic E-state index is 12.6. The minimum absolute atomic E-state index is 0.0349. The van der Waals surface area contributed by atoms with Crippen LogP contribution in [0.4, 0.5) is 4.79 Å². The van der Waals surface area contributed by atoms with Gasteiger partial charge < -0.3 is 16.0 Å². The van der Waals surface area contributed by atoms with Gasteiger partial charge in [-0.2, -0.15) is 0 Å². The first-order chi connectivity index (χ1) is 11.5. The van der Waals surface area contributed by atoms with E-state index in [-0.39, 0.29) is 17.8 Å². The van der Waals surface area contributed by atoms with Crippen molar-refractivity contribution in [2.24, 2.45) is 11.7 Å². The summed E-state index contributed by atoms with van der Waals surface area (Å²) in [4.78, 5) is 39.5. The van der Waals surface area contributed by atoms with Crippen molar-refractivity contribution in [1.29, 1.82) is 0 Å². The Balaban J connectivity index is 1.49. The van der Waals surface area contributed by atoms with Crippen molar-refractivity contribution in [3.8, 4) is 0 Å². The summed E-state index contributed by atoms with van der Waals surface area (Å²) in [6.45, 7) is 3.07. The number of hydrogen-bond acceptors (Lipinski definition) is 4. The van der Waals surface area contributed by atoms with Gasteiger partial charge in [-0.05, 0) is 44.6 Å². The van der Waals surface area contributed by atoms with Gasteiger partial charge in [0.1, 0.15) is 5.54 Å². The fourth-order valence-electron chi connectivity index (χ4n) is 4.37. The molecule has 1 aliphatic carbocycles. The van der Waals surface area contributed by atoms with Crippen LogP contribution in [0.25, 0.3) is 0 Å². The number of carbonyl (C=O) groups excluding carboxylic acids is 3. The molecule has 7 heteroatoms. The van der Waals surface area contributed by atoms with Gasteiger partial charge in [0.15, 0.2) is 0 Å². The molecule has 0 bridgehead atoms. The molecule has 1 spiro atoms. The lowest BCUT2D eigenvalue weighted by Gasteiger charge is -2.33. The summed E-state index contributed by atoms with van der Waals surface area (Å²) in [5.74, 6) is 0.205. The molecule has 3 rings (SSSR count). The molecule has 7 nitrogen and oxygen atoms in total. The summed E-state index contributed by atoms with van der Waals surface area (Å²) in [5.41, 5.74) is 4.62. The second kappa shape index (κ2) is 7.09. The number of piperidine rings is 1. The SMILES string of the molecule is NC(=O)CCC1CCCN(CCN2C(=O)NC3(CCCC3)C2=O)C1. The van der Waals surface area contributed by atoms with Crippen LogP contribution in [0.1, 0.15) is 51.4 Å². The minimum Gasteiger partial charge on any atom is -0.370 e. The molecule has 2 aliphatic heterocycles. The van der Waals surface area contributed by atoms with Gasteiger partial charge in [-0.15, -0.1) is 0 Å². The van der Waals surface area contributed by atoms with Gasteiger partial charge in [0.2, 0.25) is 5.91 Å². The van der Waals surface area contributed by atoms with E-state index >= 15 is 0 Å². The van der Waals surface area contributed by atoms with Crippen LogP contribution < -0.4 is 11.1 Å². The highest BCUT2D eigenvalue weighted by Gasteiger charge is 2.52. The normalized spacial score (nSPS) is 27.0. The topological polar surface area (TPSA) is 95.7 Å². The van der Waals surface area contributed by atoms with E-state index in [1.165, 1.54) is 4.90 Å². The third kappa shape index (κ3) is 3.55. The van der Waals surface area contributed by atoms with E-state index < -0.39 is 5.54 Å². The quantitative estimate of drug-likeness (QED) is 0.702. The summed E-state index contributed by atoms with van der Waals surface area (Å²) >= 11 is 0. The van der Waals surface area contributed by atoms with Crippen LogP contribution in [-0.4, -0.2) is 59.4 Å². The van der Waals surface area contributed by atoms with Crippen molar-refractivity contribution >= 4 is 17.8 Å². The molecule has 3 N–H and O–H groups in total. The first-order valence-electron chi connectivity index (χ1n) is 9.15. The van der Waals surface area contributed by atoms with Crippen molar-refractivity contribution in [3.63, 3.8) is 0 Å². The number of amides is 4. The summed E-state index contributed by atoms with van der Waals surface area (Å²) in [7, 11) is 0. The fraction of sp³-hybridized carbons (Fsp3) is 0.824. The van der Waals surface area contributed by atoms with Gasteiger partial charge in [-0.1, -0.05) is 12.8 Å². The second-order valence-electron chi connectivity index (χ2n) is 7.49. The van der Waals surface area contributed by atoms with Gasteiger partial charge in [-0.3, -0.25) is 14.5 Å². The molecular weight excluding hydrogens is 308 g/mol. The maximum Gasteiger partial charge on any atom is 0.325 e. The number of nitrogens with zero attached hydrogens (tertiary/aromatic N) is 2. The van der Waals surface area contributed by atoms with E-state index in [1.54, 1.807) is 0 Å². The standard InChI is InChI=1S/C17H28N4O3/c18-14(22)6-5-13-4-3-9-20(12-13)10-11-21-15(23)17(19-16(21)24)7-1-2-8-17/h13H,1-12H2,(H2,18,22)(H,19,24). The van der Waals surface area contributed by atoms with E-state index in [0.29, 0.717) is 25.4 Å². The molecule has 2 heterocycles. The lowest BCUT2D eigenvalue weighted by molar-refractivity contribution is -0.131. The van der Waals surface area contributed by atoms with Crippen molar-refractivity contribution in [3.05, 3.63) is 0 Å². The number of hydrogen-bond donors (Lipinski definition) is 2. The average Bonchev–Trinajstić information content (AvgIpc) is 3.11. The molecule has 0 aromatic heterocycles. The summed E-state index contributed by atoms with van der Waals surface area (Å²) in [6, 6.07) is -0.232. The molecule has 2 saturated heterocycles. The first-order valence-corrected chi connectivity index (χ1v) is 9.15. The van der Waals surface area contributed by atoms with E-state index in [9.17, 15) is 14.4 Å². The van der Waals surface area contributed by atoms with Crippen molar-refractivity contribution in [1.82, 2.24) is 15.1 Å². The summed E-state index contributed by atoms with van der Waals surface area (Å²) in [6.07, 6.45) is 7.04. The van der Waals surface area contributed by atoms with Crippen molar-refractivity contribution < 1.29 is 14.4 Å². The minimum atomic E-state index is -0.608. The van der Waals surface area contributed by atoms with Gasteiger partial charge in [0.25, 0.3) is 5.91 Å². The average molecular weight is 336 g/mol. The highest BCUT2D eigenvalue weighted by Crippen LogP contribution is 2.35. The van der Waals surface area contributed by atoms with Crippen LogP contribution in [0.15, 0.2) is 0 Å². The van der Waals surface area contributed by atoms with Crippen LogP contribution in [0.2, 0.25) is 0 Å². The zero-order valence-corrected chi connectivity index (χ0v) is 14.3. The van der Waals surface area contributed by atoms with Gasteiger partial charge >= 0.3 is 6.03 Å². The van der Waals surface area contributed by atoms with Crippen LogP contribution in [0.5, 0.6) is 0 Å². The monoisotopic (exact) mass is 336 g/mol. The number of primary amides is 1. The fourth-order valence-corrected chi connectivity index (χ4v) is 4.37. The molecular formula is C17H28N4O3. The van der Waals surface area contributed by atoms with Crippen molar-refractivity contribution in [2.75, 3.05) is 26.2 Å². The number of rotatable bonds is 6. The summed E-state index contributed by atoms with van der Waals surface area (Å²) in [5, 5.41) is 2.93. The van der Waals surface area contributed by atoms with E-state index in [1.807, 2.05) is 0 Å². The summed E-state index contributed by atoms with van der Waals surface area (Å²) < 4.78 is 0. The molecule has 1 saturated carbocycles. The highest BCUT2D eigenvalue weighted by atomic mass is 16.2. The molecule has 3 fully saturated rings. The number of urea groups is 1. The Bertz CT molecular complexity index is 516. The number of nitrogens with one attached hydrogen (secondary N) is 1. The van der Waals surface area contributed by atoms with Crippen molar-refractivity contribution in [2.45, 2.75) is 56.9 Å². The largest absolute Gasteiger partial charge is 0.370 e. The zero-order chi connectivity index (χ0) is 17.2. The van der Waals surface area contributed by atoms with Crippen LogP contribution in [0, 0.1) is 5.92 Å². The molecule has 0 radical (unpaired) electrons. The maximum atomic E-state index is 12.6. The lowest BCUT2D eigenvalue weighted by Crippen LogP contribution is -2.45. The molecule has 0 aromatic carbocycles. The van der Waals surface area contributed by atoms with Gasteiger partial charge in [-0.25, -0.2) is 4.79 Å². The molecule has 1 atom stereocenters. The van der Waals surface area contributed by atoms with E-state index in [4.69, 9.17) is 5.73 Å². The Kier molecular flexibility index (Phi) is 5.08. The second-order valence-corrected chi connectivity index (χ2v) is 7.49. The molecule has 1 unspecified atom stereocenters. The predicted octanol–water partition coefficient (Wildman–Crippen LogP) is 0.828. The Labute approximate surface area is 142 Å². The number of imide groups is 1. The Morgan fingerprint density at radius 2 is 1.96 bits per heavy atom. The number of carbonyl (C=O) groups is 3. The van der Waals surface area contributed by atoms with Crippen LogP contribution in [0.3, 0.4) is 0 Å². The molecule has 134 valence electrons. The third-order valence-corrected chi connectivity index (χ3v) is 5.74. The van der Waals surface area contributed by atoms with Crippen LogP contribution >= 0.6 is 0 Å². The smallest absolute Gasteiger partial charge is 0.325 e. The molecule has 0 aromatic rings. The predicted molar refractivity (Wildman–Crippen MR) is 89.0 cm³/mol. The lowest BCUT2D eigenvalue weighted by atomic mass is 9.93. The van der Waals surface area contributed by atoms with Gasteiger partial charge in [0, 0.05) is 26.1 Å². The molecule has 24 heavy (non-hydrogen) atoms. The zero-order valence-electron chi connectivity index (χ0n) is 14.3. The van der Waals surface area contributed by atoms with E-state index in [2.05, 4.69) is 10.2 Å². The number of likely N-dealkylation sites (tertiary alicyclic amines) is 1. The van der Waals surface area contributed by atoms with Gasteiger partial charge in [0.05, 0.1) is 0 Å². The Morgan fingerprint density at radius 3 is 2.67 bits per heavy atom. The molecule has 3 aliphatic rings. The van der Waals surface area contributed by atoms with Crippen LogP contribution in [-0.2, 0) is 9.59 Å².